The molecule has 0 heterocycles. The first-order valence-corrected chi connectivity index (χ1v) is 9.98. The molecule has 0 fully saturated rings. The van der Waals surface area contributed by atoms with E-state index in [0.717, 1.165) is 22.4 Å². The van der Waals surface area contributed by atoms with E-state index in [1.807, 2.05) is 80.6 Å². The summed E-state index contributed by atoms with van der Waals surface area (Å²) >= 11 is 0. The molecule has 0 radical (unpaired) electrons. The molecule has 3 aromatic carbocycles. The van der Waals surface area contributed by atoms with Gasteiger partial charge in [0.1, 0.15) is 12.4 Å². The van der Waals surface area contributed by atoms with Gasteiger partial charge in [-0.1, -0.05) is 60.2 Å². The fourth-order valence-corrected chi connectivity index (χ4v) is 2.80. The molecule has 6 heteroatoms. The number of hydrazone groups is 1. The van der Waals surface area contributed by atoms with Crippen LogP contribution in [0.2, 0.25) is 0 Å². The van der Waals surface area contributed by atoms with Crippen LogP contribution in [0.4, 0.5) is 0 Å². The molecule has 0 aromatic heterocycles. The molecule has 6 nitrogen and oxygen atoms in total. The highest BCUT2D eigenvalue weighted by Crippen LogP contribution is 2.14. The number of nitrogens with zero attached hydrogens (tertiary/aromatic N) is 1. The highest BCUT2D eigenvalue weighted by molar-refractivity contribution is 6.35. The van der Waals surface area contributed by atoms with E-state index >= 15 is 0 Å². The van der Waals surface area contributed by atoms with Gasteiger partial charge in [-0.25, -0.2) is 5.43 Å². The average molecular weight is 415 g/mol. The van der Waals surface area contributed by atoms with Gasteiger partial charge in [-0.2, -0.15) is 5.10 Å². The van der Waals surface area contributed by atoms with E-state index in [-0.39, 0.29) is 6.04 Å². The second-order valence-electron chi connectivity index (χ2n) is 7.15. The third-order valence-corrected chi connectivity index (χ3v) is 4.64. The first kappa shape index (κ1) is 21.8. The Morgan fingerprint density at radius 3 is 2.29 bits per heavy atom. The SMILES string of the molecule is Cc1ccc(COc2ccc(/C=N\NC(=O)C(=O)N[C@@H](C)c3ccccc3)cc2)cc1. The van der Waals surface area contributed by atoms with Crippen molar-refractivity contribution in [1.29, 1.82) is 0 Å². The Kier molecular flexibility index (Phi) is 7.54. The Labute approximate surface area is 182 Å². The predicted octanol–water partition coefficient (Wildman–Crippen LogP) is 3.90. The minimum atomic E-state index is -0.822. The van der Waals surface area contributed by atoms with Crippen LogP contribution in [0.15, 0.2) is 84.0 Å². The molecule has 0 bridgehead atoms. The molecule has 0 saturated carbocycles. The Morgan fingerprint density at radius 1 is 0.935 bits per heavy atom. The minimum absolute atomic E-state index is 0.282. The van der Waals surface area contributed by atoms with Crippen molar-refractivity contribution >= 4 is 18.0 Å². The summed E-state index contributed by atoms with van der Waals surface area (Å²) in [6, 6.07) is 24.6. The maximum Gasteiger partial charge on any atom is 0.329 e. The van der Waals surface area contributed by atoms with Crippen molar-refractivity contribution in [1.82, 2.24) is 10.7 Å². The lowest BCUT2D eigenvalue weighted by Gasteiger charge is -2.13. The molecule has 158 valence electrons. The Morgan fingerprint density at radius 2 is 1.61 bits per heavy atom. The first-order chi connectivity index (χ1) is 15.0. The van der Waals surface area contributed by atoms with Crippen LogP contribution < -0.4 is 15.5 Å². The molecule has 0 saturated heterocycles. The number of carbonyl (C=O) groups excluding carboxylic acids is 2. The summed E-state index contributed by atoms with van der Waals surface area (Å²) in [7, 11) is 0. The normalized spacial score (nSPS) is 11.7. The van der Waals surface area contributed by atoms with E-state index in [9.17, 15) is 9.59 Å². The molecule has 0 aliphatic rings. The Bertz CT molecular complexity index is 1030. The number of amides is 2. The second kappa shape index (κ2) is 10.7. The van der Waals surface area contributed by atoms with Crippen LogP contribution in [0.1, 0.15) is 35.2 Å². The molecular formula is C25H25N3O3. The van der Waals surface area contributed by atoms with Gasteiger partial charge in [0.2, 0.25) is 0 Å². The Hall–Kier alpha value is -3.93. The molecule has 2 amide bonds. The van der Waals surface area contributed by atoms with Crippen LogP contribution in [0.3, 0.4) is 0 Å². The second-order valence-corrected chi connectivity index (χ2v) is 7.15. The molecule has 31 heavy (non-hydrogen) atoms. The van der Waals surface area contributed by atoms with E-state index in [1.54, 1.807) is 0 Å². The zero-order chi connectivity index (χ0) is 22.1. The zero-order valence-electron chi connectivity index (χ0n) is 17.5. The summed E-state index contributed by atoms with van der Waals surface area (Å²) < 4.78 is 5.77. The quantitative estimate of drug-likeness (QED) is 0.349. The van der Waals surface area contributed by atoms with Gasteiger partial charge in [-0.15, -0.1) is 0 Å². The predicted molar refractivity (Wildman–Crippen MR) is 121 cm³/mol. The number of benzene rings is 3. The van der Waals surface area contributed by atoms with Crippen molar-refractivity contribution < 1.29 is 14.3 Å². The monoisotopic (exact) mass is 415 g/mol. The molecule has 0 aliphatic carbocycles. The van der Waals surface area contributed by atoms with Gasteiger partial charge in [0, 0.05) is 0 Å². The maximum atomic E-state index is 12.0. The highest BCUT2D eigenvalue weighted by atomic mass is 16.5. The van der Waals surface area contributed by atoms with Crippen molar-refractivity contribution in [2.45, 2.75) is 26.5 Å². The first-order valence-electron chi connectivity index (χ1n) is 9.98. The summed E-state index contributed by atoms with van der Waals surface area (Å²) in [4.78, 5) is 23.9. The lowest BCUT2D eigenvalue weighted by Crippen LogP contribution is -2.39. The van der Waals surface area contributed by atoms with Crippen LogP contribution in [-0.4, -0.2) is 18.0 Å². The number of aryl methyl sites for hydroxylation is 1. The number of nitrogens with one attached hydrogen (secondary N) is 2. The smallest absolute Gasteiger partial charge is 0.329 e. The lowest BCUT2D eigenvalue weighted by molar-refractivity contribution is -0.139. The van der Waals surface area contributed by atoms with Crippen molar-refractivity contribution in [3.05, 3.63) is 101 Å². The molecule has 3 aromatic rings. The van der Waals surface area contributed by atoms with Gasteiger partial charge < -0.3 is 10.1 Å². The lowest BCUT2D eigenvalue weighted by atomic mass is 10.1. The number of carbonyl (C=O) groups is 2. The van der Waals surface area contributed by atoms with Crippen LogP contribution in [0, 0.1) is 6.92 Å². The van der Waals surface area contributed by atoms with E-state index in [0.29, 0.717) is 6.61 Å². The zero-order valence-corrected chi connectivity index (χ0v) is 17.5. The largest absolute Gasteiger partial charge is 0.489 e. The van der Waals surface area contributed by atoms with Gasteiger partial charge in [0.05, 0.1) is 12.3 Å². The van der Waals surface area contributed by atoms with Gasteiger partial charge in [0.15, 0.2) is 0 Å². The molecule has 2 N–H and O–H groups in total. The molecule has 0 spiro atoms. The summed E-state index contributed by atoms with van der Waals surface area (Å²) in [6.07, 6.45) is 1.47. The standard InChI is InChI=1S/C25H25N3O3/c1-18-8-10-21(11-9-18)17-31-23-14-12-20(13-15-23)16-26-28-25(30)24(29)27-19(2)22-6-4-3-5-7-22/h3-16,19H,17H2,1-2H3,(H,27,29)(H,28,30)/b26-16-/t19-/m0/s1. The molecule has 3 rings (SSSR count). The fraction of sp³-hybridized carbons (Fsp3) is 0.160. The minimum Gasteiger partial charge on any atom is -0.489 e. The van der Waals surface area contributed by atoms with Gasteiger partial charge in [0.25, 0.3) is 0 Å². The Balaban J connectivity index is 1.45. The van der Waals surface area contributed by atoms with Crippen molar-refractivity contribution in [3.8, 4) is 5.75 Å². The highest BCUT2D eigenvalue weighted by Gasteiger charge is 2.16. The van der Waals surface area contributed by atoms with Gasteiger partial charge in [-0.3, -0.25) is 9.59 Å². The van der Waals surface area contributed by atoms with E-state index < -0.39 is 11.8 Å². The molecule has 0 unspecified atom stereocenters. The van der Waals surface area contributed by atoms with Crippen LogP contribution in [0.5, 0.6) is 5.75 Å². The number of ether oxygens (including phenoxy) is 1. The third-order valence-electron chi connectivity index (χ3n) is 4.64. The molecular weight excluding hydrogens is 390 g/mol. The van der Waals surface area contributed by atoms with Crippen LogP contribution in [0.25, 0.3) is 0 Å². The summed E-state index contributed by atoms with van der Waals surface area (Å²) in [5.74, 6) is -0.832. The van der Waals surface area contributed by atoms with Crippen molar-refractivity contribution in [2.24, 2.45) is 5.10 Å². The van der Waals surface area contributed by atoms with Crippen LogP contribution >= 0.6 is 0 Å². The topological polar surface area (TPSA) is 79.8 Å². The van der Waals surface area contributed by atoms with Crippen LogP contribution in [-0.2, 0) is 16.2 Å². The molecule has 0 aliphatic heterocycles. The third kappa shape index (κ3) is 6.82. The van der Waals surface area contributed by atoms with Crippen molar-refractivity contribution in [2.75, 3.05) is 0 Å². The van der Waals surface area contributed by atoms with E-state index in [1.165, 1.54) is 11.8 Å². The summed E-state index contributed by atoms with van der Waals surface area (Å²) in [5, 5.41) is 6.49. The number of rotatable bonds is 7. The molecule has 1 atom stereocenters. The average Bonchev–Trinajstić information content (AvgIpc) is 2.80. The maximum absolute atomic E-state index is 12.0. The number of hydrogen-bond acceptors (Lipinski definition) is 4. The van der Waals surface area contributed by atoms with E-state index in [4.69, 9.17) is 4.74 Å². The number of hydrogen-bond donors (Lipinski definition) is 2. The van der Waals surface area contributed by atoms with Gasteiger partial charge in [-0.05, 0) is 54.8 Å². The van der Waals surface area contributed by atoms with Crippen molar-refractivity contribution in [3.63, 3.8) is 0 Å². The fourth-order valence-electron chi connectivity index (χ4n) is 2.80. The van der Waals surface area contributed by atoms with Gasteiger partial charge >= 0.3 is 11.8 Å². The summed E-state index contributed by atoms with van der Waals surface area (Å²) in [6.45, 7) is 4.34. The van der Waals surface area contributed by atoms with E-state index in [2.05, 4.69) is 28.0 Å². The summed E-state index contributed by atoms with van der Waals surface area (Å²) in [5.41, 5.74) is 6.23.